The molecular formula is C46H28N2. The Morgan fingerprint density at radius 3 is 1.31 bits per heavy atom. The number of para-hydroxylation sites is 2. The lowest BCUT2D eigenvalue weighted by atomic mass is 9.93. The van der Waals surface area contributed by atoms with Crippen LogP contribution in [0, 0.1) is 0 Å². The van der Waals surface area contributed by atoms with Gasteiger partial charge in [0, 0.05) is 38.3 Å². The normalized spacial score (nSPS) is 12.2. The fraction of sp³-hybridized carbons (Fsp3) is 0. The maximum atomic E-state index is 2.49. The second kappa shape index (κ2) is 9.57. The van der Waals surface area contributed by atoms with Gasteiger partial charge in [-0.2, -0.15) is 0 Å². The van der Waals surface area contributed by atoms with Gasteiger partial charge in [-0.05, 0) is 86.2 Å². The Morgan fingerprint density at radius 1 is 0.250 bits per heavy atom. The minimum Gasteiger partial charge on any atom is -0.309 e. The first-order valence-electron chi connectivity index (χ1n) is 16.6. The van der Waals surface area contributed by atoms with Gasteiger partial charge >= 0.3 is 0 Å². The van der Waals surface area contributed by atoms with Crippen LogP contribution in [-0.2, 0) is 0 Å². The molecule has 0 aliphatic carbocycles. The van der Waals surface area contributed by atoms with Crippen molar-refractivity contribution in [3.05, 3.63) is 170 Å². The predicted octanol–water partition coefficient (Wildman–Crippen LogP) is 12.5. The van der Waals surface area contributed by atoms with Crippen molar-refractivity contribution < 1.29 is 0 Å². The molecule has 9 aromatic carbocycles. The Hall–Kier alpha value is -6.38. The molecule has 0 N–H and O–H groups in total. The Labute approximate surface area is 276 Å². The zero-order valence-corrected chi connectivity index (χ0v) is 26.1. The van der Waals surface area contributed by atoms with Gasteiger partial charge in [-0.25, -0.2) is 0 Å². The molecule has 0 aliphatic rings. The molecule has 0 fully saturated rings. The van der Waals surface area contributed by atoms with Gasteiger partial charge in [-0.3, -0.25) is 0 Å². The van der Waals surface area contributed by atoms with E-state index in [2.05, 4.69) is 179 Å². The van der Waals surface area contributed by atoms with E-state index in [9.17, 15) is 0 Å². The monoisotopic (exact) mass is 608 g/mol. The van der Waals surface area contributed by atoms with E-state index in [1.807, 2.05) is 0 Å². The van der Waals surface area contributed by atoms with E-state index in [1.165, 1.54) is 86.7 Å². The summed E-state index contributed by atoms with van der Waals surface area (Å²) in [7, 11) is 0. The first-order chi connectivity index (χ1) is 23.8. The third-order valence-electron chi connectivity index (χ3n) is 10.5. The van der Waals surface area contributed by atoms with Crippen molar-refractivity contribution >= 4 is 86.7 Å². The fourth-order valence-corrected chi connectivity index (χ4v) is 8.39. The molecule has 0 amide bonds. The number of rotatable bonds is 2. The van der Waals surface area contributed by atoms with Crippen molar-refractivity contribution in [2.75, 3.05) is 0 Å². The molecule has 0 atom stereocenters. The third kappa shape index (κ3) is 3.41. The van der Waals surface area contributed by atoms with Gasteiger partial charge in [0.1, 0.15) is 0 Å². The van der Waals surface area contributed by atoms with Crippen LogP contribution in [0.1, 0.15) is 0 Å². The number of hydrogen-bond donors (Lipinski definition) is 0. The summed E-state index contributed by atoms with van der Waals surface area (Å²) in [5.74, 6) is 0. The number of nitrogens with zero attached hydrogens (tertiary/aromatic N) is 2. The van der Waals surface area contributed by atoms with E-state index >= 15 is 0 Å². The number of fused-ring (bicyclic) bond motifs is 14. The highest BCUT2D eigenvalue weighted by atomic mass is 15.0. The maximum Gasteiger partial charge on any atom is 0.0619 e. The largest absolute Gasteiger partial charge is 0.309 e. The minimum absolute atomic E-state index is 1.15. The zero-order valence-electron chi connectivity index (χ0n) is 26.1. The lowest BCUT2D eigenvalue weighted by molar-refractivity contribution is 1.15. The zero-order chi connectivity index (χ0) is 31.3. The molecule has 2 heteroatoms. The van der Waals surface area contributed by atoms with Crippen molar-refractivity contribution in [2.24, 2.45) is 0 Å². The smallest absolute Gasteiger partial charge is 0.0619 e. The molecular weight excluding hydrogens is 581 g/mol. The van der Waals surface area contributed by atoms with Crippen LogP contribution in [0.2, 0.25) is 0 Å². The Bertz CT molecular complexity index is 3050. The van der Waals surface area contributed by atoms with Crippen molar-refractivity contribution in [2.45, 2.75) is 0 Å². The molecule has 0 aliphatic heterocycles. The quantitative estimate of drug-likeness (QED) is 0.173. The van der Waals surface area contributed by atoms with Gasteiger partial charge < -0.3 is 9.13 Å². The second-order valence-electron chi connectivity index (χ2n) is 12.9. The molecule has 0 spiro atoms. The summed E-state index contributed by atoms with van der Waals surface area (Å²) in [6, 6.07) is 62.5. The molecule has 2 aromatic heterocycles. The molecule has 0 unspecified atom stereocenters. The molecule has 0 radical (unpaired) electrons. The highest BCUT2D eigenvalue weighted by Crippen LogP contribution is 2.42. The van der Waals surface area contributed by atoms with Crippen LogP contribution >= 0.6 is 0 Å². The summed E-state index contributed by atoms with van der Waals surface area (Å²) in [6.07, 6.45) is 0. The Balaban J connectivity index is 1.25. The topological polar surface area (TPSA) is 9.86 Å². The summed E-state index contributed by atoms with van der Waals surface area (Å²) in [5.41, 5.74) is 7.22. The Morgan fingerprint density at radius 2 is 0.708 bits per heavy atom. The van der Waals surface area contributed by atoms with Gasteiger partial charge in [-0.15, -0.1) is 0 Å². The van der Waals surface area contributed by atoms with E-state index in [4.69, 9.17) is 0 Å². The number of hydrogen-bond acceptors (Lipinski definition) is 0. The van der Waals surface area contributed by atoms with Crippen LogP contribution in [0.5, 0.6) is 0 Å². The van der Waals surface area contributed by atoms with Gasteiger partial charge in [0.2, 0.25) is 0 Å². The molecule has 0 saturated heterocycles. The van der Waals surface area contributed by atoms with Gasteiger partial charge in [0.15, 0.2) is 0 Å². The lowest BCUT2D eigenvalue weighted by Gasteiger charge is -2.14. The maximum absolute atomic E-state index is 2.49. The molecule has 11 rings (SSSR count). The average Bonchev–Trinajstić information content (AvgIpc) is 3.67. The predicted molar refractivity (Wildman–Crippen MR) is 205 cm³/mol. The van der Waals surface area contributed by atoms with Crippen LogP contribution < -0.4 is 0 Å². The summed E-state index contributed by atoms with van der Waals surface area (Å²) in [5, 5.41) is 15.4. The first-order valence-corrected chi connectivity index (χ1v) is 16.6. The lowest BCUT2D eigenvalue weighted by Crippen LogP contribution is -1.97. The number of benzene rings is 9. The molecule has 222 valence electrons. The third-order valence-corrected chi connectivity index (χ3v) is 10.5. The molecule has 2 nitrogen and oxygen atoms in total. The van der Waals surface area contributed by atoms with Crippen LogP contribution in [0.3, 0.4) is 0 Å². The van der Waals surface area contributed by atoms with E-state index in [0.717, 1.165) is 11.4 Å². The van der Waals surface area contributed by atoms with E-state index < -0.39 is 0 Å². The first kappa shape index (κ1) is 25.8. The summed E-state index contributed by atoms with van der Waals surface area (Å²) < 4.78 is 4.88. The molecule has 0 bridgehead atoms. The summed E-state index contributed by atoms with van der Waals surface area (Å²) in [4.78, 5) is 0. The Kier molecular flexibility index (Phi) is 5.14. The van der Waals surface area contributed by atoms with Crippen molar-refractivity contribution in [3.8, 4) is 11.4 Å². The van der Waals surface area contributed by atoms with Crippen molar-refractivity contribution in [3.63, 3.8) is 0 Å². The van der Waals surface area contributed by atoms with Crippen molar-refractivity contribution in [1.29, 1.82) is 0 Å². The minimum atomic E-state index is 1.15. The van der Waals surface area contributed by atoms with E-state index in [-0.39, 0.29) is 0 Å². The van der Waals surface area contributed by atoms with Crippen LogP contribution in [-0.4, -0.2) is 9.13 Å². The molecule has 0 saturated carbocycles. The average molecular weight is 609 g/mol. The van der Waals surface area contributed by atoms with E-state index in [1.54, 1.807) is 0 Å². The van der Waals surface area contributed by atoms with Gasteiger partial charge in [-0.1, -0.05) is 121 Å². The fourth-order valence-electron chi connectivity index (χ4n) is 8.39. The van der Waals surface area contributed by atoms with E-state index in [0.29, 0.717) is 0 Å². The standard InChI is InChI=1S/C46H28N2/c1-2-12-32-29(11-1)21-26-39-42-27-40-35-15-5-3-13-33(35)34-14-4-6-16-36(34)41(40)28-45(42)48(46(32)39)31-24-22-30(23-25-31)47-43-19-9-7-17-37(43)38-18-8-10-20-44(38)47/h1-28H. The summed E-state index contributed by atoms with van der Waals surface area (Å²) >= 11 is 0. The van der Waals surface area contributed by atoms with Crippen LogP contribution in [0.15, 0.2) is 170 Å². The van der Waals surface area contributed by atoms with Crippen molar-refractivity contribution in [1.82, 2.24) is 9.13 Å². The highest BCUT2D eigenvalue weighted by molar-refractivity contribution is 6.30. The van der Waals surface area contributed by atoms with Gasteiger partial charge in [0.05, 0.1) is 22.1 Å². The SMILES string of the molecule is c1ccc2c(c1)ccc1c3cc4c5ccccc5c5ccccc5c4cc3n(-c3ccc(-n4c5ccccc5c5ccccc54)cc3)c21. The highest BCUT2D eigenvalue weighted by Gasteiger charge is 2.19. The summed E-state index contributed by atoms with van der Waals surface area (Å²) in [6.45, 7) is 0. The van der Waals surface area contributed by atoms with Gasteiger partial charge in [0.25, 0.3) is 0 Å². The second-order valence-corrected chi connectivity index (χ2v) is 12.9. The molecule has 2 heterocycles. The molecule has 11 aromatic rings. The van der Waals surface area contributed by atoms with Crippen LogP contribution in [0.25, 0.3) is 98.1 Å². The van der Waals surface area contributed by atoms with Crippen LogP contribution in [0.4, 0.5) is 0 Å². The molecule has 48 heavy (non-hydrogen) atoms. The number of aromatic nitrogens is 2.